The maximum atomic E-state index is 4.17. The van der Waals surface area contributed by atoms with E-state index < -0.39 is 0 Å². The summed E-state index contributed by atoms with van der Waals surface area (Å²) in [7, 11) is 0. The lowest BCUT2D eigenvalue weighted by atomic mass is 9.83. The largest absolute Gasteiger partial charge is 0.311 e. The molecule has 5 heterocycles. The topological polar surface area (TPSA) is 48.1 Å². The molecule has 5 aliphatic heterocycles. The Morgan fingerprint density at radius 3 is 1.00 bits per heavy atom. The Labute approximate surface area is 217 Å². The fourth-order valence-electron chi connectivity index (χ4n) is 8.80. The lowest BCUT2D eigenvalue weighted by Crippen LogP contribution is -2.48. The molecule has 5 saturated heterocycles. The van der Waals surface area contributed by atoms with Gasteiger partial charge in [-0.1, -0.05) is 60.7 Å². The Morgan fingerprint density at radius 1 is 0.389 bits per heavy atom. The van der Waals surface area contributed by atoms with E-state index in [9.17, 15) is 0 Å². The molecule has 192 valence electrons. The maximum absolute atomic E-state index is 4.17. The van der Waals surface area contributed by atoms with Crippen LogP contribution in [0.3, 0.4) is 0 Å². The summed E-state index contributed by atoms with van der Waals surface area (Å²) in [5.41, 5.74) is 3.05. The fraction of sp³-hybridized carbons (Fsp3) is 0.625. The number of hydrogen-bond acceptors (Lipinski definition) is 4. The zero-order valence-corrected chi connectivity index (χ0v) is 21.6. The number of fused-ring (bicyclic) bond motifs is 8. The van der Waals surface area contributed by atoms with Crippen LogP contribution in [-0.4, -0.2) is 48.3 Å². The molecule has 0 radical (unpaired) electrons. The third kappa shape index (κ3) is 4.67. The van der Waals surface area contributed by atoms with Crippen LogP contribution in [0.2, 0.25) is 0 Å². The summed E-state index contributed by atoms with van der Waals surface area (Å²) in [6, 6.07) is 27.7. The molecule has 4 N–H and O–H groups in total. The lowest BCUT2D eigenvalue weighted by molar-refractivity contribution is 0.331. The molecular formula is C32H44N4. The second-order valence-corrected chi connectivity index (χ2v) is 12.5. The molecule has 8 unspecified atom stereocenters. The van der Waals surface area contributed by atoms with Crippen molar-refractivity contribution < 1.29 is 0 Å². The Morgan fingerprint density at radius 2 is 0.694 bits per heavy atom. The Bertz CT molecular complexity index is 874. The average molecular weight is 485 g/mol. The Balaban J connectivity index is 1.17. The molecule has 5 fully saturated rings. The number of rotatable bonds is 2. The zero-order valence-electron chi connectivity index (χ0n) is 21.6. The standard InChI is InChI=1S/C32H44N4/c1-3-7-21(8-4-1)31-27-15-11-23(33-27)19-25-13-17-29(35-25)32(22-9-5-2-6-10-22)30-18-14-26(36-30)20-24-12-16-28(31)34-24/h1-10,23-36H,11-20H2. The van der Waals surface area contributed by atoms with Crippen molar-refractivity contribution in [2.75, 3.05) is 0 Å². The first-order chi connectivity index (χ1) is 17.8. The zero-order chi connectivity index (χ0) is 23.9. The summed E-state index contributed by atoms with van der Waals surface area (Å²) < 4.78 is 0. The number of hydrogen-bond donors (Lipinski definition) is 4. The molecule has 7 rings (SSSR count). The van der Waals surface area contributed by atoms with E-state index in [4.69, 9.17) is 0 Å². The van der Waals surface area contributed by atoms with Crippen LogP contribution in [0.1, 0.15) is 87.2 Å². The molecular weight excluding hydrogens is 440 g/mol. The van der Waals surface area contributed by atoms with Gasteiger partial charge in [0.25, 0.3) is 0 Å². The molecule has 4 heteroatoms. The highest BCUT2D eigenvalue weighted by atomic mass is 15.1. The summed E-state index contributed by atoms with van der Waals surface area (Å²) in [5, 5.41) is 16.7. The molecule has 0 spiro atoms. The minimum absolute atomic E-state index is 0.574. The van der Waals surface area contributed by atoms with E-state index in [0.717, 1.165) is 0 Å². The van der Waals surface area contributed by atoms with Crippen LogP contribution in [0.25, 0.3) is 0 Å². The minimum Gasteiger partial charge on any atom is -0.311 e. The normalized spacial score (nSPS) is 42.6. The van der Waals surface area contributed by atoms with E-state index in [0.29, 0.717) is 60.2 Å². The first-order valence-corrected chi connectivity index (χ1v) is 14.9. The minimum atomic E-state index is 0.574. The predicted molar refractivity (Wildman–Crippen MR) is 147 cm³/mol. The predicted octanol–water partition coefficient (Wildman–Crippen LogP) is 4.83. The lowest BCUT2D eigenvalue weighted by Gasteiger charge is -2.33. The van der Waals surface area contributed by atoms with Gasteiger partial charge in [0.2, 0.25) is 0 Å². The van der Waals surface area contributed by atoms with Gasteiger partial charge in [0.05, 0.1) is 0 Å². The van der Waals surface area contributed by atoms with E-state index in [2.05, 4.69) is 81.9 Å². The Hall–Kier alpha value is -1.72. The van der Waals surface area contributed by atoms with Crippen molar-refractivity contribution in [2.45, 2.75) is 124 Å². The molecule has 0 amide bonds. The summed E-state index contributed by atoms with van der Waals surface area (Å²) in [6.45, 7) is 0. The summed E-state index contributed by atoms with van der Waals surface area (Å²) >= 11 is 0. The third-order valence-corrected chi connectivity index (χ3v) is 10.3. The second kappa shape index (κ2) is 10.2. The molecule has 8 atom stereocenters. The molecule has 0 aromatic heterocycles. The molecule has 36 heavy (non-hydrogen) atoms. The van der Waals surface area contributed by atoms with Gasteiger partial charge in [-0.3, -0.25) is 0 Å². The van der Waals surface area contributed by atoms with E-state index in [1.807, 2.05) is 0 Å². The summed E-state index contributed by atoms with van der Waals surface area (Å²) in [5.74, 6) is 1.15. The third-order valence-electron chi connectivity index (χ3n) is 10.3. The maximum Gasteiger partial charge on any atom is 0.0154 e. The van der Waals surface area contributed by atoms with Crippen LogP contribution in [0.15, 0.2) is 60.7 Å². The van der Waals surface area contributed by atoms with Crippen molar-refractivity contribution in [1.82, 2.24) is 21.3 Å². The summed E-state index contributed by atoms with van der Waals surface area (Å²) in [6.07, 6.45) is 13.1. The molecule has 2 aromatic rings. The monoisotopic (exact) mass is 484 g/mol. The van der Waals surface area contributed by atoms with Crippen LogP contribution in [0, 0.1) is 0 Å². The van der Waals surface area contributed by atoms with Gasteiger partial charge in [0.15, 0.2) is 0 Å². The van der Waals surface area contributed by atoms with Crippen LogP contribution in [0.4, 0.5) is 0 Å². The first-order valence-electron chi connectivity index (χ1n) is 14.9. The highest BCUT2D eigenvalue weighted by molar-refractivity contribution is 5.27. The van der Waals surface area contributed by atoms with E-state index in [-0.39, 0.29) is 0 Å². The molecule has 0 aliphatic carbocycles. The highest BCUT2D eigenvalue weighted by Crippen LogP contribution is 2.40. The first kappa shape index (κ1) is 23.4. The second-order valence-electron chi connectivity index (χ2n) is 12.5. The van der Waals surface area contributed by atoms with Crippen molar-refractivity contribution in [3.05, 3.63) is 71.8 Å². The van der Waals surface area contributed by atoms with Crippen LogP contribution < -0.4 is 21.3 Å². The highest BCUT2D eigenvalue weighted by Gasteiger charge is 2.43. The van der Waals surface area contributed by atoms with Gasteiger partial charge >= 0.3 is 0 Å². The molecule has 0 saturated carbocycles. The van der Waals surface area contributed by atoms with E-state index in [1.54, 1.807) is 0 Å². The van der Waals surface area contributed by atoms with Crippen molar-refractivity contribution in [3.63, 3.8) is 0 Å². The van der Waals surface area contributed by atoms with Crippen LogP contribution in [0.5, 0.6) is 0 Å². The van der Waals surface area contributed by atoms with E-state index in [1.165, 1.54) is 75.3 Å². The van der Waals surface area contributed by atoms with Gasteiger partial charge in [-0.2, -0.15) is 0 Å². The van der Waals surface area contributed by atoms with Crippen molar-refractivity contribution in [3.8, 4) is 0 Å². The SMILES string of the molecule is c1ccc(C2C3CCC(CC4CCC(N4)C(c4ccccc4)C4CCC(CC5CCC2N5)N4)N3)cc1. The van der Waals surface area contributed by atoms with Gasteiger partial charge in [-0.25, -0.2) is 0 Å². The fourth-order valence-corrected chi connectivity index (χ4v) is 8.80. The molecule has 2 aromatic carbocycles. The smallest absolute Gasteiger partial charge is 0.0154 e. The van der Waals surface area contributed by atoms with Gasteiger partial charge < -0.3 is 21.3 Å². The van der Waals surface area contributed by atoms with Gasteiger partial charge in [0.1, 0.15) is 0 Å². The summed E-state index contributed by atoms with van der Waals surface area (Å²) in [4.78, 5) is 0. The molecule has 4 nitrogen and oxygen atoms in total. The Kier molecular flexibility index (Phi) is 6.64. The number of benzene rings is 2. The number of nitrogens with one attached hydrogen (secondary N) is 4. The molecule has 8 bridgehead atoms. The van der Waals surface area contributed by atoms with Crippen molar-refractivity contribution in [2.24, 2.45) is 0 Å². The molecule has 5 aliphatic rings. The van der Waals surface area contributed by atoms with Crippen molar-refractivity contribution in [1.29, 1.82) is 0 Å². The van der Waals surface area contributed by atoms with Crippen LogP contribution >= 0.6 is 0 Å². The van der Waals surface area contributed by atoms with E-state index >= 15 is 0 Å². The van der Waals surface area contributed by atoms with Gasteiger partial charge in [0, 0.05) is 60.2 Å². The van der Waals surface area contributed by atoms with Gasteiger partial charge in [-0.05, 0) is 75.3 Å². The average Bonchev–Trinajstić information content (AvgIpc) is 3.72. The van der Waals surface area contributed by atoms with Crippen molar-refractivity contribution >= 4 is 0 Å². The quantitative estimate of drug-likeness (QED) is 0.493. The van der Waals surface area contributed by atoms with Crippen LogP contribution in [-0.2, 0) is 0 Å². The van der Waals surface area contributed by atoms with Gasteiger partial charge in [-0.15, -0.1) is 0 Å².